The molecule has 0 aliphatic carbocycles. The van der Waals surface area contributed by atoms with Crippen molar-refractivity contribution in [3.8, 4) is 0 Å². The molecule has 2 aromatic carbocycles. The molecule has 1 heterocycles. The highest BCUT2D eigenvalue weighted by Crippen LogP contribution is 2.18. The van der Waals surface area contributed by atoms with Crippen molar-refractivity contribution < 1.29 is 9.72 Å². The monoisotopic (exact) mass is 351 g/mol. The van der Waals surface area contributed by atoms with Gasteiger partial charge in [0, 0.05) is 49.6 Å². The molecule has 1 aliphatic rings. The number of benzene rings is 2. The second kappa shape index (κ2) is 7.82. The number of anilines is 1. The van der Waals surface area contributed by atoms with Gasteiger partial charge in [-0.05, 0) is 42.8 Å². The van der Waals surface area contributed by atoms with Crippen molar-refractivity contribution in [2.24, 2.45) is 0 Å². The quantitative estimate of drug-likeness (QED) is 0.481. The SMILES string of the molecule is C/C(=C\c1ccc([N+](=O)[O-])cc1)C(=O)N1CCN(c2ccccc2)CC1. The van der Waals surface area contributed by atoms with Crippen LogP contribution in [-0.2, 0) is 4.79 Å². The summed E-state index contributed by atoms with van der Waals surface area (Å²) in [6.07, 6.45) is 1.77. The number of nitro groups is 1. The molecular weight excluding hydrogens is 330 g/mol. The van der Waals surface area contributed by atoms with E-state index in [0.717, 1.165) is 18.7 Å². The van der Waals surface area contributed by atoms with Crippen molar-refractivity contribution in [2.75, 3.05) is 31.1 Å². The zero-order valence-electron chi connectivity index (χ0n) is 14.7. The van der Waals surface area contributed by atoms with E-state index in [0.29, 0.717) is 18.7 Å². The molecule has 0 radical (unpaired) electrons. The van der Waals surface area contributed by atoms with Gasteiger partial charge in [0.15, 0.2) is 0 Å². The molecule has 0 N–H and O–H groups in total. The summed E-state index contributed by atoms with van der Waals surface area (Å²) in [4.78, 5) is 27.1. The third-order valence-corrected chi connectivity index (χ3v) is 4.51. The van der Waals surface area contributed by atoms with Gasteiger partial charge in [-0.2, -0.15) is 0 Å². The van der Waals surface area contributed by atoms with Crippen LogP contribution in [0.2, 0.25) is 0 Å². The summed E-state index contributed by atoms with van der Waals surface area (Å²) in [5.74, 6) is 0.0102. The molecule has 0 atom stereocenters. The number of para-hydroxylation sites is 1. The lowest BCUT2D eigenvalue weighted by Gasteiger charge is -2.36. The van der Waals surface area contributed by atoms with Gasteiger partial charge in [-0.3, -0.25) is 14.9 Å². The number of hydrogen-bond acceptors (Lipinski definition) is 4. The Bertz CT molecular complexity index is 808. The summed E-state index contributed by atoms with van der Waals surface area (Å²) < 4.78 is 0. The Morgan fingerprint density at radius 1 is 1.00 bits per heavy atom. The first kappa shape index (κ1) is 17.7. The summed E-state index contributed by atoms with van der Waals surface area (Å²) in [6.45, 7) is 4.76. The maximum absolute atomic E-state index is 12.7. The number of rotatable bonds is 4. The standard InChI is InChI=1S/C20H21N3O3/c1-16(15-17-7-9-19(10-8-17)23(25)26)20(24)22-13-11-21(12-14-22)18-5-3-2-4-6-18/h2-10,15H,11-14H2,1H3/b16-15+. The van der Waals surface area contributed by atoms with Crippen LogP contribution in [-0.4, -0.2) is 41.9 Å². The van der Waals surface area contributed by atoms with Gasteiger partial charge >= 0.3 is 0 Å². The van der Waals surface area contributed by atoms with Crippen LogP contribution in [0, 0.1) is 10.1 Å². The van der Waals surface area contributed by atoms with Crippen LogP contribution < -0.4 is 4.90 Å². The van der Waals surface area contributed by atoms with E-state index in [4.69, 9.17) is 0 Å². The predicted octanol–water partition coefficient (Wildman–Crippen LogP) is 3.35. The fourth-order valence-corrected chi connectivity index (χ4v) is 3.06. The molecule has 1 aliphatic heterocycles. The minimum Gasteiger partial charge on any atom is -0.368 e. The predicted molar refractivity (Wildman–Crippen MR) is 102 cm³/mol. The molecule has 134 valence electrons. The van der Waals surface area contributed by atoms with Crippen LogP contribution >= 0.6 is 0 Å². The minimum atomic E-state index is -0.433. The number of piperazine rings is 1. The Morgan fingerprint density at radius 3 is 2.19 bits per heavy atom. The number of amides is 1. The topological polar surface area (TPSA) is 66.7 Å². The molecule has 1 amide bonds. The number of nitrogens with zero attached hydrogens (tertiary/aromatic N) is 3. The van der Waals surface area contributed by atoms with E-state index in [1.54, 1.807) is 25.1 Å². The first-order chi connectivity index (χ1) is 12.5. The summed E-state index contributed by atoms with van der Waals surface area (Å²) in [5, 5.41) is 10.7. The van der Waals surface area contributed by atoms with E-state index in [2.05, 4.69) is 17.0 Å². The Kier molecular flexibility index (Phi) is 5.31. The lowest BCUT2D eigenvalue weighted by Crippen LogP contribution is -2.49. The Labute approximate surface area is 152 Å². The van der Waals surface area contributed by atoms with Gasteiger partial charge < -0.3 is 9.80 Å². The second-order valence-electron chi connectivity index (χ2n) is 6.29. The number of non-ortho nitro benzene ring substituents is 1. The van der Waals surface area contributed by atoms with E-state index in [1.807, 2.05) is 23.1 Å². The Balaban J connectivity index is 1.61. The van der Waals surface area contributed by atoms with Gasteiger partial charge in [0.2, 0.25) is 5.91 Å². The third-order valence-electron chi connectivity index (χ3n) is 4.51. The van der Waals surface area contributed by atoms with Crippen LogP contribution in [0.1, 0.15) is 12.5 Å². The van der Waals surface area contributed by atoms with E-state index in [1.165, 1.54) is 17.8 Å². The van der Waals surface area contributed by atoms with Crippen LogP contribution in [0.15, 0.2) is 60.2 Å². The third kappa shape index (κ3) is 4.08. The molecule has 0 bridgehead atoms. The number of carbonyl (C=O) groups is 1. The average molecular weight is 351 g/mol. The zero-order chi connectivity index (χ0) is 18.5. The van der Waals surface area contributed by atoms with Crippen molar-refractivity contribution in [1.82, 2.24) is 4.90 Å². The Morgan fingerprint density at radius 2 is 1.62 bits per heavy atom. The molecule has 1 fully saturated rings. The number of hydrogen-bond donors (Lipinski definition) is 0. The van der Waals surface area contributed by atoms with Gasteiger partial charge in [-0.1, -0.05) is 18.2 Å². The van der Waals surface area contributed by atoms with Crippen molar-refractivity contribution in [3.63, 3.8) is 0 Å². The summed E-state index contributed by atoms with van der Waals surface area (Å²) in [5.41, 5.74) is 2.64. The smallest absolute Gasteiger partial charge is 0.269 e. The van der Waals surface area contributed by atoms with Crippen LogP contribution in [0.5, 0.6) is 0 Å². The van der Waals surface area contributed by atoms with Crippen molar-refractivity contribution in [1.29, 1.82) is 0 Å². The summed E-state index contributed by atoms with van der Waals surface area (Å²) in [7, 11) is 0. The van der Waals surface area contributed by atoms with Crippen LogP contribution in [0.25, 0.3) is 6.08 Å². The van der Waals surface area contributed by atoms with Gasteiger partial charge in [0.05, 0.1) is 4.92 Å². The van der Waals surface area contributed by atoms with Crippen LogP contribution in [0.4, 0.5) is 11.4 Å². The molecule has 6 heteroatoms. The van der Waals surface area contributed by atoms with Crippen molar-refractivity contribution in [3.05, 3.63) is 75.8 Å². The minimum absolute atomic E-state index is 0.0102. The van der Waals surface area contributed by atoms with E-state index in [9.17, 15) is 14.9 Å². The number of nitro benzene ring substituents is 1. The van der Waals surface area contributed by atoms with E-state index < -0.39 is 4.92 Å². The molecule has 0 unspecified atom stereocenters. The highest BCUT2D eigenvalue weighted by molar-refractivity contribution is 5.97. The largest absolute Gasteiger partial charge is 0.368 e. The second-order valence-corrected chi connectivity index (χ2v) is 6.29. The van der Waals surface area contributed by atoms with E-state index >= 15 is 0 Å². The number of carbonyl (C=O) groups excluding carboxylic acids is 1. The van der Waals surface area contributed by atoms with Crippen molar-refractivity contribution >= 4 is 23.4 Å². The maximum atomic E-state index is 12.7. The molecule has 1 saturated heterocycles. The van der Waals surface area contributed by atoms with E-state index in [-0.39, 0.29) is 11.6 Å². The molecule has 2 aromatic rings. The van der Waals surface area contributed by atoms with Gasteiger partial charge in [-0.15, -0.1) is 0 Å². The molecule has 0 aromatic heterocycles. The zero-order valence-corrected chi connectivity index (χ0v) is 14.7. The molecule has 3 rings (SSSR count). The molecule has 0 spiro atoms. The lowest BCUT2D eigenvalue weighted by atomic mass is 10.1. The average Bonchev–Trinajstić information content (AvgIpc) is 2.68. The molecule has 6 nitrogen and oxygen atoms in total. The molecule has 26 heavy (non-hydrogen) atoms. The van der Waals surface area contributed by atoms with Gasteiger partial charge in [0.25, 0.3) is 5.69 Å². The molecule has 0 saturated carbocycles. The fourth-order valence-electron chi connectivity index (χ4n) is 3.06. The first-order valence-corrected chi connectivity index (χ1v) is 8.56. The van der Waals surface area contributed by atoms with Crippen LogP contribution in [0.3, 0.4) is 0 Å². The van der Waals surface area contributed by atoms with Gasteiger partial charge in [0.1, 0.15) is 0 Å². The highest BCUT2D eigenvalue weighted by atomic mass is 16.6. The highest BCUT2D eigenvalue weighted by Gasteiger charge is 2.22. The van der Waals surface area contributed by atoms with Crippen molar-refractivity contribution in [2.45, 2.75) is 6.92 Å². The fraction of sp³-hybridized carbons (Fsp3) is 0.250. The summed E-state index contributed by atoms with van der Waals surface area (Å²) >= 11 is 0. The van der Waals surface area contributed by atoms with Gasteiger partial charge in [-0.25, -0.2) is 0 Å². The molecular formula is C20H21N3O3. The Hall–Kier alpha value is -3.15. The first-order valence-electron chi connectivity index (χ1n) is 8.56. The summed E-state index contributed by atoms with van der Waals surface area (Å²) in [6, 6.07) is 16.4. The normalized spacial score (nSPS) is 15.0. The maximum Gasteiger partial charge on any atom is 0.269 e. The lowest BCUT2D eigenvalue weighted by molar-refractivity contribution is -0.384.